The van der Waals surface area contributed by atoms with Gasteiger partial charge in [-0.3, -0.25) is 14.9 Å². The molecule has 0 saturated carbocycles. The molecule has 1 saturated heterocycles. The van der Waals surface area contributed by atoms with Crippen LogP contribution in [-0.4, -0.2) is 28.3 Å². The summed E-state index contributed by atoms with van der Waals surface area (Å²) in [6.07, 6.45) is 0.198. The van der Waals surface area contributed by atoms with Crippen molar-refractivity contribution < 1.29 is 9.59 Å². The molecule has 2 amide bonds. The van der Waals surface area contributed by atoms with Crippen molar-refractivity contribution in [1.29, 1.82) is 0 Å². The summed E-state index contributed by atoms with van der Waals surface area (Å²) in [5, 5.41) is 2.74. The number of hydrogen-bond donors (Lipinski definition) is 1. The fourth-order valence-corrected chi connectivity index (χ4v) is 3.02. The van der Waals surface area contributed by atoms with Crippen molar-refractivity contribution >= 4 is 23.5 Å². The van der Waals surface area contributed by atoms with Crippen molar-refractivity contribution in [1.82, 2.24) is 9.97 Å². The third-order valence-electron chi connectivity index (χ3n) is 4.52. The van der Waals surface area contributed by atoms with Crippen LogP contribution in [0.4, 0.5) is 11.6 Å². The zero-order valence-corrected chi connectivity index (χ0v) is 15.0. The average molecular weight is 338 g/mol. The van der Waals surface area contributed by atoms with Crippen LogP contribution in [0.2, 0.25) is 0 Å². The molecule has 0 aliphatic carbocycles. The minimum atomic E-state index is -0.404. The lowest BCUT2D eigenvalue weighted by molar-refractivity contribution is -0.122. The second-order valence-electron chi connectivity index (χ2n) is 6.64. The minimum Gasteiger partial charge on any atom is -0.312 e. The van der Waals surface area contributed by atoms with Gasteiger partial charge in [-0.1, -0.05) is 6.07 Å². The number of hydrogen-bond acceptors (Lipinski definition) is 4. The van der Waals surface area contributed by atoms with E-state index in [1.165, 1.54) is 5.56 Å². The number of carbonyl (C=O) groups is 2. The summed E-state index contributed by atoms with van der Waals surface area (Å²) in [6, 6.07) is 7.75. The van der Waals surface area contributed by atoms with Crippen molar-refractivity contribution in [3.05, 3.63) is 46.8 Å². The minimum absolute atomic E-state index is 0.0373. The number of carbonyl (C=O) groups excluding carboxylic acids is 2. The lowest BCUT2D eigenvalue weighted by atomic mass is 10.1. The molecule has 2 aromatic rings. The number of nitrogens with zero attached hydrogens (tertiary/aromatic N) is 3. The monoisotopic (exact) mass is 338 g/mol. The molecule has 1 fully saturated rings. The molecule has 0 radical (unpaired) electrons. The van der Waals surface area contributed by atoms with E-state index in [1.54, 1.807) is 4.90 Å². The van der Waals surface area contributed by atoms with Gasteiger partial charge in [-0.05, 0) is 57.0 Å². The number of nitrogens with one attached hydrogen (secondary N) is 1. The van der Waals surface area contributed by atoms with Crippen LogP contribution in [0, 0.1) is 33.6 Å². The fourth-order valence-electron chi connectivity index (χ4n) is 3.02. The lowest BCUT2D eigenvalue weighted by Crippen LogP contribution is -2.28. The number of aryl methyl sites for hydroxylation is 4. The Morgan fingerprint density at radius 3 is 2.40 bits per heavy atom. The standard InChI is InChI=1S/C19H22N4O2/c1-11-5-6-16(7-12(11)2)23-10-15(9-17(23)24)18(25)22-19-20-13(3)8-14(4)21-19/h5-8,15H,9-10H2,1-4H3,(H,20,21,22,25). The summed E-state index contributed by atoms with van der Waals surface area (Å²) in [6.45, 7) is 8.12. The molecule has 1 aromatic carbocycles. The average Bonchev–Trinajstić information content (AvgIpc) is 2.91. The highest BCUT2D eigenvalue weighted by Gasteiger charge is 2.35. The molecule has 1 atom stereocenters. The largest absolute Gasteiger partial charge is 0.312 e. The van der Waals surface area contributed by atoms with Gasteiger partial charge in [0.25, 0.3) is 0 Å². The molecule has 0 spiro atoms. The number of benzene rings is 1. The van der Waals surface area contributed by atoms with Crippen molar-refractivity contribution in [3.8, 4) is 0 Å². The Balaban J connectivity index is 1.73. The molecule has 6 heteroatoms. The van der Waals surface area contributed by atoms with Gasteiger partial charge in [0.1, 0.15) is 0 Å². The molecule has 0 bridgehead atoms. The van der Waals surface area contributed by atoms with E-state index in [2.05, 4.69) is 15.3 Å². The maximum atomic E-state index is 12.5. The second-order valence-corrected chi connectivity index (χ2v) is 6.64. The summed E-state index contributed by atoms with van der Waals surface area (Å²) >= 11 is 0. The summed E-state index contributed by atoms with van der Waals surface area (Å²) in [5.74, 6) is -0.368. The molecular formula is C19H22N4O2. The Kier molecular flexibility index (Phi) is 4.53. The Labute approximate surface area is 147 Å². The molecular weight excluding hydrogens is 316 g/mol. The zero-order valence-electron chi connectivity index (χ0n) is 15.0. The molecule has 1 N–H and O–H groups in total. The van der Waals surface area contributed by atoms with Gasteiger partial charge in [0.15, 0.2) is 0 Å². The maximum absolute atomic E-state index is 12.5. The molecule has 1 aliphatic heterocycles. The molecule has 6 nitrogen and oxygen atoms in total. The Morgan fingerprint density at radius 2 is 1.76 bits per heavy atom. The smallest absolute Gasteiger partial charge is 0.232 e. The first kappa shape index (κ1) is 17.1. The van der Waals surface area contributed by atoms with E-state index in [0.717, 1.165) is 22.6 Å². The molecule has 25 heavy (non-hydrogen) atoms. The molecule has 130 valence electrons. The predicted octanol–water partition coefficient (Wildman–Crippen LogP) is 2.70. The van der Waals surface area contributed by atoms with Crippen LogP contribution in [-0.2, 0) is 9.59 Å². The molecule has 1 unspecified atom stereocenters. The van der Waals surface area contributed by atoms with Gasteiger partial charge in [0.2, 0.25) is 17.8 Å². The van der Waals surface area contributed by atoms with Gasteiger partial charge in [-0.2, -0.15) is 0 Å². The van der Waals surface area contributed by atoms with Crippen LogP contribution in [0.5, 0.6) is 0 Å². The second kappa shape index (κ2) is 6.63. The molecule has 2 heterocycles. The quantitative estimate of drug-likeness (QED) is 0.934. The van der Waals surface area contributed by atoms with E-state index in [-0.39, 0.29) is 18.2 Å². The highest BCUT2D eigenvalue weighted by molar-refractivity contribution is 6.03. The van der Waals surface area contributed by atoms with Gasteiger partial charge in [-0.15, -0.1) is 0 Å². The predicted molar refractivity (Wildman–Crippen MR) is 96.5 cm³/mol. The van der Waals surface area contributed by atoms with E-state index >= 15 is 0 Å². The lowest BCUT2D eigenvalue weighted by Gasteiger charge is -2.18. The maximum Gasteiger partial charge on any atom is 0.232 e. The van der Waals surface area contributed by atoms with Gasteiger partial charge < -0.3 is 4.90 Å². The van der Waals surface area contributed by atoms with Crippen LogP contribution in [0.3, 0.4) is 0 Å². The van der Waals surface area contributed by atoms with Crippen LogP contribution in [0.1, 0.15) is 28.9 Å². The van der Waals surface area contributed by atoms with Crippen molar-refractivity contribution in [3.63, 3.8) is 0 Å². The highest BCUT2D eigenvalue weighted by atomic mass is 16.2. The van der Waals surface area contributed by atoms with E-state index in [1.807, 2.05) is 52.0 Å². The van der Waals surface area contributed by atoms with Crippen LogP contribution >= 0.6 is 0 Å². The summed E-state index contributed by atoms with van der Waals surface area (Å²) in [5.41, 5.74) is 4.73. The Hall–Kier alpha value is -2.76. The fraction of sp³-hybridized carbons (Fsp3) is 0.368. The number of anilines is 2. The first-order chi connectivity index (χ1) is 11.8. The van der Waals surface area contributed by atoms with E-state index < -0.39 is 5.92 Å². The van der Waals surface area contributed by atoms with Crippen LogP contribution < -0.4 is 10.2 Å². The van der Waals surface area contributed by atoms with E-state index in [9.17, 15) is 9.59 Å². The first-order valence-corrected chi connectivity index (χ1v) is 8.34. The van der Waals surface area contributed by atoms with Crippen molar-refractivity contribution in [2.75, 3.05) is 16.8 Å². The summed E-state index contributed by atoms with van der Waals surface area (Å²) in [7, 11) is 0. The zero-order chi connectivity index (χ0) is 18.1. The SMILES string of the molecule is Cc1cc(C)nc(NC(=O)C2CC(=O)N(c3ccc(C)c(C)c3)C2)n1. The van der Waals surface area contributed by atoms with Gasteiger partial charge in [-0.25, -0.2) is 9.97 Å². The van der Waals surface area contributed by atoms with Gasteiger partial charge in [0.05, 0.1) is 5.92 Å². The van der Waals surface area contributed by atoms with Crippen molar-refractivity contribution in [2.45, 2.75) is 34.1 Å². The number of aromatic nitrogens is 2. The molecule has 1 aliphatic rings. The third kappa shape index (κ3) is 3.68. The summed E-state index contributed by atoms with van der Waals surface area (Å²) in [4.78, 5) is 35.0. The third-order valence-corrected chi connectivity index (χ3v) is 4.52. The van der Waals surface area contributed by atoms with E-state index in [4.69, 9.17) is 0 Å². The highest BCUT2D eigenvalue weighted by Crippen LogP contribution is 2.27. The molecule has 3 rings (SSSR count). The Bertz CT molecular complexity index is 827. The first-order valence-electron chi connectivity index (χ1n) is 8.34. The Morgan fingerprint density at radius 1 is 1.08 bits per heavy atom. The van der Waals surface area contributed by atoms with E-state index in [0.29, 0.717) is 12.5 Å². The number of rotatable bonds is 3. The van der Waals surface area contributed by atoms with Gasteiger partial charge >= 0.3 is 0 Å². The topological polar surface area (TPSA) is 75.2 Å². The van der Waals surface area contributed by atoms with Crippen LogP contribution in [0.25, 0.3) is 0 Å². The normalized spacial score (nSPS) is 17.0. The number of amides is 2. The van der Waals surface area contributed by atoms with Gasteiger partial charge in [0, 0.05) is 30.0 Å². The van der Waals surface area contributed by atoms with Crippen LogP contribution in [0.15, 0.2) is 24.3 Å². The van der Waals surface area contributed by atoms with Crippen molar-refractivity contribution in [2.24, 2.45) is 5.92 Å². The summed E-state index contributed by atoms with van der Waals surface area (Å²) < 4.78 is 0. The molecule has 1 aromatic heterocycles.